The Labute approximate surface area is 208 Å². The molecule has 1 heterocycles. The van der Waals surface area contributed by atoms with Crippen LogP contribution in [-0.4, -0.2) is 15.3 Å². The molecule has 35 heavy (non-hydrogen) atoms. The molecule has 0 N–H and O–H groups in total. The van der Waals surface area contributed by atoms with Crippen LogP contribution in [0.1, 0.15) is 69.5 Å². The van der Waals surface area contributed by atoms with E-state index in [9.17, 15) is 10.1 Å². The lowest BCUT2D eigenvalue weighted by Crippen LogP contribution is -2.53. The van der Waals surface area contributed by atoms with E-state index in [-0.39, 0.29) is 22.7 Å². The third-order valence-corrected chi connectivity index (χ3v) is 8.82. The first-order valence-corrected chi connectivity index (χ1v) is 12.6. The van der Waals surface area contributed by atoms with Crippen LogP contribution >= 0.6 is 0 Å². The lowest BCUT2D eigenvalue weighted by molar-refractivity contribution is -0.125. The molecule has 4 heteroatoms. The summed E-state index contributed by atoms with van der Waals surface area (Å²) in [6, 6.07) is 21.4. The van der Waals surface area contributed by atoms with Gasteiger partial charge in [0.1, 0.15) is 11.9 Å². The number of imidazole rings is 1. The van der Waals surface area contributed by atoms with Crippen LogP contribution in [0.3, 0.4) is 0 Å². The van der Waals surface area contributed by atoms with Gasteiger partial charge in [0.25, 0.3) is 0 Å². The first-order chi connectivity index (χ1) is 16.7. The van der Waals surface area contributed by atoms with Gasteiger partial charge in [-0.25, -0.2) is 4.98 Å². The van der Waals surface area contributed by atoms with E-state index in [0.29, 0.717) is 5.92 Å². The zero-order valence-corrected chi connectivity index (χ0v) is 21.3. The first-order valence-electron chi connectivity index (χ1n) is 12.6. The number of aromatic nitrogens is 2. The minimum absolute atomic E-state index is 0.0378. The molecule has 0 saturated carbocycles. The highest BCUT2D eigenvalue weighted by atomic mass is 16.1. The monoisotopic (exact) mass is 463 g/mol. The number of hydrogen-bond donors (Lipinski definition) is 0. The number of benzene rings is 2. The SMILES string of the molecule is CC(C)c1ccc(-c2nc3c(n2Cc2ccccc2)CC[C@]2(C)[C@@H](C)C(=O)C(C#N)=C[C@@]32C)cc1. The summed E-state index contributed by atoms with van der Waals surface area (Å²) in [4.78, 5) is 18.3. The lowest BCUT2D eigenvalue weighted by atomic mass is 9.49. The van der Waals surface area contributed by atoms with E-state index in [1.165, 1.54) is 16.8 Å². The highest BCUT2D eigenvalue weighted by Crippen LogP contribution is 2.58. The number of carbonyl (C=O) groups excluding carboxylic acids is 1. The minimum Gasteiger partial charge on any atom is -0.323 e. The molecule has 1 aromatic heterocycles. The predicted octanol–water partition coefficient (Wildman–Crippen LogP) is 6.60. The fourth-order valence-electron chi connectivity index (χ4n) is 6.11. The molecular formula is C31H33N3O. The molecule has 0 saturated heterocycles. The topological polar surface area (TPSA) is 58.7 Å². The molecule has 3 aromatic rings. The standard InChI is InChI=1S/C31H33N3O/c1-20(2)23-11-13-24(14-12-23)29-33-28-26(34(29)19-22-9-7-6-8-10-22)15-16-30(4)21(3)27(35)25(18-32)17-31(28,30)5/h6-14,17,20-21H,15-16,19H2,1-5H3/t21-,30+,31-/m0/s1. The van der Waals surface area contributed by atoms with Crippen molar-refractivity contribution in [3.05, 3.63) is 88.8 Å². The molecule has 4 nitrogen and oxygen atoms in total. The maximum Gasteiger partial charge on any atom is 0.176 e. The van der Waals surface area contributed by atoms with Gasteiger partial charge in [0.05, 0.1) is 11.3 Å². The van der Waals surface area contributed by atoms with Crippen LogP contribution in [-0.2, 0) is 23.2 Å². The van der Waals surface area contributed by atoms with Gasteiger partial charge in [-0.05, 0) is 42.2 Å². The molecule has 2 aliphatic rings. The van der Waals surface area contributed by atoms with Crippen LogP contribution < -0.4 is 0 Å². The van der Waals surface area contributed by atoms with Crippen molar-refractivity contribution in [2.45, 2.75) is 65.3 Å². The van der Waals surface area contributed by atoms with Crippen LogP contribution in [0.15, 0.2) is 66.2 Å². The van der Waals surface area contributed by atoms with Gasteiger partial charge < -0.3 is 4.57 Å². The maximum absolute atomic E-state index is 13.0. The van der Waals surface area contributed by atoms with Gasteiger partial charge in [-0.1, -0.05) is 88.4 Å². The quantitative estimate of drug-likeness (QED) is 0.438. The molecular weight excluding hydrogens is 430 g/mol. The molecule has 0 radical (unpaired) electrons. The third kappa shape index (κ3) is 3.48. The molecule has 2 aliphatic carbocycles. The van der Waals surface area contributed by atoms with Crippen molar-refractivity contribution in [1.29, 1.82) is 5.26 Å². The largest absolute Gasteiger partial charge is 0.323 e. The summed E-state index contributed by atoms with van der Waals surface area (Å²) in [6.45, 7) is 11.5. The molecule has 0 aliphatic heterocycles. The summed E-state index contributed by atoms with van der Waals surface area (Å²) in [5.41, 5.74) is 5.34. The Bertz CT molecular complexity index is 1360. The summed E-state index contributed by atoms with van der Waals surface area (Å²) in [5.74, 6) is 1.16. The third-order valence-electron chi connectivity index (χ3n) is 8.82. The molecule has 0 fully saturated rings. The zero-order valence-electron chi connectivity index (χ0n) is 21.3. The van der Waals surface area contributed by atoms with Gasteiger partial charge in [-0.15, -0.1) is 0 Å². The van der Waals surface area contributed by atoms with Crippen molar-refractivity contribution in [1.82, 2.24) is 9.55 Å². The molecule has 5 rings (SSSR count). The highest BCUT2D eigenvalue weighted by molar-refractivity contribution is 6.02. The number of rotatable bonds is 4. The number of nitrogens with zero attached hydrogens (tertiary/aromatic N) is 3. The second-order valence-corrected chi connectivity index (χ2v) is 11.0. The zero-order chi connectivity index (χ0) is 25.0. The van der Waals surface area contributed by atoms with Gasteiger partial charge in [0.15, 0.2) is 5.78 Å². The van der Waals surface area contributed by atoms with E-state index in [4.69, 9.17) is 4.98 Å². The molecule has 0 bridgehead atoms. The molecule has 0 unspecified atom stereocenters. The second-order valence-electron chi connectivity index (χ2n) is 11.0. The Kier molecular flexibility index (Phi) is 5.55. The van der Waals surface area contributed by atoms with Crippen molar-refractivity contribution in [3.8, 4) is 17.5 Å². The minimum atomic E-state index is -0.493. The van der Waals surface area contributed by atoms with Gasteiger partial charge >= 0.3 is 0 Å². The van der Waals surface area contributed by atoms with E-state index in [0.717, 1.165) is 36.5 Å². The lowest BCUT2D eigenvalue weighted by Gasteiger charge is -2.53. The fraction of sp³-hybridized carbons (Fsp3) is 0.387. The number of fused-ring (bicyclic) bond motifs is 3. The molecule has 178 valence electrons. The molecule has 3 atom stereocenters. The summed E-state index contributed by atoms with van der Waals surface area (Å²) in [7, 11) is 0. The Balaban J connectivity index is 1.73. The number of Topliss-reactive ketones (excluding diaryl/α,β-unsaturated/α-hetero) is 1. The Hall–Kier alpha value is -3.45. The van der Waals surface area contributed by atoms with Crippen molar-refractivity contribution >= 4 is 5.78 Å². The van der Waals surface area contributed by atoms with Gasteiger partial charge in [0, 0.05) is 29.1 Å². The summed E-state index contributed by atoms with van der Waals surface area (Å²) < 4.78 is 2.36. The van der Waals surface area contributed by atoms with E-state index in [1.54, 1.807) is 0 Å². The summed E-state index contributed by atoms with van der Waals surface area (Å²) in [5, 5.41) is 9.75. The normalized spacial score (nSPS) is 25.6. The number of allylic oxidation sites excluding steroid dienone is 2. The fourth-order valence-corrected chi connectivity index (χ4v) is 6.11. The summed E-state index contributed by atoms with van der Waals surface area (Å²) in [6.07, 6.45) is 3.66. The van der Waals surface area contributed by atoms with E-state index in [1.807, 2.05) is 19.1 Å². The molecule has 0 spiro atoms. The predicted molar refractivity (Wildman–Crippen MR) is 139 cm³/mol. The van der Waals surface area contributed by atoms with Crippen LogP contribution in [0.2, 0.25) is 0 Å². The van der Waals surface area contributed by atoms with Crippen LogP contribution in [0.25, 0.3) is 11.4 Å². The van der Waals surface area contributed by atoms with Gasteiger partial charge in [-0.3, -0.25) is 4.79 Å². The van der Waals surface area contributed by atoms with E-state index in [2.05, 4.69) is 86.9 Å². The van der Waals surface area contributed by atoms with Gasteiger partial charge in [-0.2, -0.15) is 5.26 Å². The van der Waals surface area contributed by atoms with Gasteiger partial charge in [0.2, 0.25) is 0 Å². The van der Waals surface area contributed by atoms with Crippen molar-refractivity contribution < 1.29 is 4.79 Å². The molecule has 0 amide bonds. The number of carbonyl (C=O) groups is 1. The highest BCUT2D eigenvalue weighted by Gasteiger charge is 2.57. The number of ketones is 1. The van der Waals surface area contributed by atoms with E-state index >= 15 is 0 Å². The smallest absolute Gasteiger partial charge is 0.176 e. The van der Waals surface area contributed by atoms with Crippen molar-refractivity contribution in [2.75, 3.05) is 0 Å². The molecule has 2 aromatic carbocycles. The Morgan fingerprint density at radius 2 is 1.80 bits per heavy atom. The maximum atomic E-state index is 13.0. The van der Waals surface area contributed by atoms with Crippen LogP contribution in [0.4, 0.5) is 0 Å². The van der Waals surface area contributed by atoms with Crippen molar-refractivity contribution in [3.63, 3.8) is 0 Å². The second kappa shape index (κ2) is 8.34. The number of nitriles is 1. The van der Waals surface area contributed by atoms with Crippen LogP contribution in [0, 0.1) is 22.7 Å². The first kappa shape index (κ1) is 23.3. The Morgan fingerprint density at radius 1 is 1.11 bits per heavy atom. The van der Waals surface area contributed by atoms with Crippen molar-refractivity contribution in [2.24, 2.45) is 11.3 Å². The average molecular weight is 464 g/mol. The van der Waals surface area contributed by atoms with E-state index < -0.39 is 5.41 Å². The average Bonchev–Trinajstić information content (AvgIpc) is 3.23. The van der Waals surface area contributed by atoms with Crippen LogP contribution in [0.5, 0.6) is 0 Å². The number of hydrogen-bond acceptors (Lipinski definition) is 3. The summed E-state index contributed by atoms with van der Waals surface area (Å²) >= 11 is 0. The Morgan fingerprint density at radius 3 is 2.43 bits per heavy atom.